The van der Waals surface area contributed by atoms with Crippen LogP contribution in [-0.4, -0.2) is 37.2 Å². The molecular weight excluding hydrogens is 242 g/mol. The number of nitrogen functional groups attached to an aromatic ring is 1. The molecule has 1 aromatic rings. The maximum atomic E-state index is 13.7. The Morgan fingerprint density at radius 3 is 2.83 bits per heavy atom. The molecule has 18 heavy (non-hydrogen) atoms. The average molecular weight is 256 g/mol. The molecule has 1 saturated heterocycles. The number of carbonyl (C=O) groups is 1. The molecule has 2 rings (SSSR count). The molecular formula is C12H14F2N2O2. The fourth-order valence-corrected chi connectivity index (χ4v) is 1.98. The first-order valence-electron chi connectivity index (χ1n) is 5.59. The summed E-state index contributed by atoms with van der Waals surface area (Å²) in [6.07, 6.45) is -0.743. The maximum Gasteiger partial charge on any atom is 0.257 e. The number of hydrogen-bond donors (Lipinski definition) is 1. The molecule has 2 N–H and O–H groups in total. The fraction of sp³-hybridized carbons (Fsp3) is 0.417. The minimum atomic E-state index is -1.03. The second kappa shape index (κ2) is 4.80. The number of benzene rings is 1. The first kappa shape index (κ1) is 12.6. The van der Waals surface area contributed by atoms with Crippen molar-refractivity contribution in [2.75, 3.05) is 25.9 Å². The Balaban J connectivity index is 2.30. The number of ether oxygens (including phenoxy) is 1. The first-order valence-corrected chi connectivity index (χ1v) is 5.59. The highest BCUT2D eigenvalue weighted by Crippen LogP contribution is 2.26. The number of carbonyl (C=O) groups excluding carboxylic acids is 1. The Labute approximate surface area is 103 Å². The molecule has 98 valence electrons. The highest BCUT2D eigenvalue weighted by molar-refractivity contribution is 5.95. The standard InChI is InChI=1S/C12H14F2N2O2/c1-18-11-4-8(9(14)5-10(11)15)12(17)16-3-2-7(13)6-16/h4-5,7H,2-3,6,15H2,1H3/t7-/m0/s1. The molecule has 4 nitrogen and oxygen atoms in total. The topological polar surface area (TPSA) is 55.6 Å². The minimum absolute atomic E-state index is 0.00493. The van der Waals surface area contributed by atoms with E-state index < -0.39 is 17.9 Å². The first-order chi connectivity index (χ1) is 8.52. The molecule has 0 saturated carbocycles. The predicted molar refractivity (Wildman–Crippen MR) is 62.8 cm³/mol. The molecule has 1 heterocycles. The number of amides is 1. The van der Waals surface area contributed by atoms with Crippen molar-refractivity contribution >= 4 is 11.6 Å². The van der Waals surface area contributed by atoms with Gasteiger partial charge >= 0.3 is 0 Å². The van der Waals surface area contributed by atoms with E-state index in [-0.39, 0.29) is 23.5 Å². The van der Waals surface area contributed by atoms with E-state index in [0.717, 1.165) is 6.07 Å². The zero-order valence-electron chi connectivity index (χ0n) is 9.95. The van der Waals surface area contributed by atoms with Crippen molar-refractivity contribution in [2.24, 2.45) is 0 Å². The van der Waals surface area contributed by atoms with Crippen molar-refractivity contribution in [1.82, 2.24) is 4.90 Å². The SMILES string of the molecule is COc1cc(C(=O)N2CC[C@H](F)C2)c(F)cc1N. The van der Waals surface area contributed by atoms with Crippen LogP contribution in [0.15, 0.2) is 12.1 Å². The van der Waals surface area contributed by atoms with E-state index in [1.807, 2.05) is 0 Å². The Bertz CT molecular complexity index is 479. The molecule has 1 fully saturated rings. The van der Waals surface area contributed by atoms with Crippen molar-refractivity contribution < 1.29 is 18.3 Å². The summed E-state index contributed by atoms with van der Waals surface area (Å²) in [7, 11) is 1.38. The molecule has 1 aliphatic rings. The summed E-state index contributed by atoms with van der Waals surface area (Å²) < 4.78 is 31.7. The van der Waals surface area contributed by atoms with E-state index in [9.17, 15) is 13.6 Å². The quantitative estimate of drug-likeness (QED) is 0.818. The average Bonchev–Trinajstić information content (AvgIpc) is 2.75. The number of nitrogens with zero attached hydrogens (tertiary/aromatic N) is 1. The second-order valence-electron chi connectivity index (χ2n) is 4.21. The Kier molecular flexibility index (Phi) is 3.36. The number of rotatable bonds is 2. The van der Waals surface area contributed by atoms with E-state index in [1.54, 1.807) is 0 Å². The third-order valence-electron chi connectivity index (χ3n) is 2.97. The van der Waals surface area contributed by atoms with Crippen LogP contribution in [-0.2, 0) is 0 Å². The van der Waals surface area contributed by atoms with Gasteiger partial charge in [-0.05, 0) is 12.5 Å². The highest BCUT2D eigenvalue weighted by atomic mass is 19.1. The number of anilines is 1. The Morgan fingerprint density at radius 2 is 2.28 bits per heavy atom. The molecule has 6 heteroatoms. The fourth-order valence-electron chi connectivity index (χ4n) is 1.98. The van der Waals surface area contributed by atoms with Gasteiger partial charge in [-0.3, -0.25) is 4.79 Å². The van der Waals surface area contributed by atoms with Gasteiger partial charge in [0.25, 0.3) is 5.91 Å². The molecule has 1 atom stereocenters. The lowest BCUT2D eigenvalue weighted by Gasteiger charge is -2.16. The molecule has 0 spiro atoms. The van der Waals surface area contributed by atoms with Gasteiger partial charge in [-0.15, -0.1) is 0 Å². The van der Waals surface area contributed by atoms with Gasteiger partial charge in [-0.2, -0.15) is 0 Å². The van der Waals surface area contributed by atoms with E-state index in [2.05, 4.69) is 0 Å². The number of methoxy groups -OCH3 is 1. The van der Waals surface area contributed by atoms with Crippen LogP contribution in [0.4, 0.5) is 14.5 Å². The minimum Gasteiger partial charge on any atom is -0.495 e. The zero-order valence-corrected chi connectivity index (χ0v) is 9.95. The van der Waals surface area contributed by atoms with Gasteiger partial charge in [-0.25, -0.2) is 8.78 Å². The van der Waals surface area contributed by atoms with Crippen LogP contribution in [0.2, 0.25) is 0 Å². The zero-order chi connectivity index (χ0) is 13.3. The number of hydrogen-bond acceptors (Lipinski definition) is 3. The summed E-state index contributed by atoms with van der Waals surface area (Å²) in [4.78, 5) is 13.3. The van der Waals surface area contributed by atoms with Crippen molar-refractivity contribution in [2.45, 2.75) is 12.6 Å². The van der Waals surface area contributed by atoms with Gasteiger partial charge in [0.15, 0.2) is 0 Å². The summed E-state index contributed by atoms with van der Waals surface area (Å²) in [5.74, 6) is -1.03. The number of halogens is 2. The van der Waals surface area contributed by atoms with Gasteiger partial charge in [0, 0.05) is 12.6 Å². The van der Waals surface area contributed by atoms with Crippen LogP contribution in [0, 0.1) is 5.82 Å². The van der Waals surface area contributed by atoms with Crippen LogP contribution in [0.25, 0.3) is 0 Å². The van der Waals surface area contributed by atoms with Crippen LogP contribution in [0.1, 0.15) is 16.8 Å². The molecule has 1 aromatic carbocycles. The largest absolute Gasteiger partial charge is 0.495 e. The van der Waals surface area contributed by atoms with Gasteiger partial charge in [0.05, 0.1) is 24.9 Å². The van der Waals surface area contributed by atoms with Gasteiger partial charge in [-0.1, -0.05) is 0 Å². The van der Waals surface area contributed by atoms with E-state index in [1.165, 1.54) is 18.1 Å². The van der Waals surface area contributed by atoms with Crippen molar-refractivity contribution in [3.8, 4) is 5.75 Å². The lowest BCUT2D eigenvalue weighted by molar-refractivity contribution is 0.0778. The molecule has 0 bridgehead atoms. The van der Waals surface area contributed by atoms with Crippen molar-refractivity contribution in [1.29, 1.82) is 0 Å². The van der Waals surface area contributed by atoms with Crippen LogP contribution < -0.4 is 10.5 Å². The van der Waals surface area contributed by atoms with E-state index in [0.29, 0.717) is 13.0 Å². The lowest BCUT2D eigenvalue weighted by Crippen LogP contribution is -2.29. The van der Waals surface area contributed by atoms with Gasteiger partial charge in [0.2, 0.25) is 0 Å². The van der Waals surface area contributed by atoms with Crippen LogP contribution in [0.5, 0.6) is 5.75 Å². The summed E-state index contributed by atoms with van der Waals surface area (Å²) in [5, 5.41) is 0. The molecule has 0 radical (unpaired) electrons. The monoisotopic (exact) mass is 256 g/mol. The third kappa shape index (κ3) is 2.23. The summed E-state index contributed by atoms with van der Waals surface area (Å²) in [6.45, 7) is 0.303. The van der Waals surface area contributed by atoms with Gasteiger partial charge < -0.3 is 15.4 Å². The molecule has 1 aliphatic heterocycles. The van der Waals surface area contributed by atoms with Crippen molar-refractivity contribution in [3.05, 3.63) is 23.5 Å². The predicted octanol–water partition coefficient (Wildman–Crippen LogP) is 1.60. The molecule has 0 aromatic heterocycles. The Morgan fingerprint density at radius 1 is 1.56 bits per heavy atom. The van der Waals surface area contributed by atoms with Crippen molar-refractivity contribution in [3.63, 3.8) is 0 Å². The number of likely N-dealkylation sites (tertiary alicyclic amines) is 1. The molecule has 1 amide bonds. The number of alkyl halides is 1. The van der Waals surface area contributed by atoms with Crippen LogP contribution in [0.3, 0.4) is 0 Å². The number of nitrogens with two attached hydrogens (primary N) is 1. The molecule has 0 unspecified atom stereocenters. The summed E-state index contributed by atoms with van der Waals surface area (Å²) in [5.41, 5.74) is 5.50. The second-order valence-corrected chi connectivity index (χ2v) is 4.21. The molecule has 0 aliphatic carbocycles. The van der Waals surface area contributed by atoms with E-state index >= 15 is 0 Å². The van der Waals surface area contributed by atoms with Gasteiger partial charge in [0.1, 0.15) is 17.7 Å². The summed E-state index contributed by atoms with van der Waals surface area (Å²) in [6, 6.07) is 2.29. The third-order valence-corrected chi connectivity index (χ3v) is 2.97. The lowest BCUT2D eigenvalue weighted by atomic mass is 10.1. The normalized spacial score (nSPS) is 19.1. The Hall–Kier alpha value is -1.85. The highest BCUT2D eigenvalue weighted by Gasteiger charge is 2.28. The maximum absolute atomic E-state index is 13.7. The summed E-state index contributed by atoms with van der Waals surface area (Å²) >= 11 is 0. The van der Waals surface area contributed by atoms with Crippen LogP contribution >= 0.6 is 0 Å². The smallest absolute Gasteiger partial charge is 0.257 e. The van der Waals surface area contributed by atoms with E-state index in [4.69, 9.17) is 10.5 Å².